The molecule has 0 aliphatic rings. The van der Waals surface area contributed by atoms with Gasteiger partial charge in [-0.2, -0.15) is 5.10 Å². The Balaban J connectivity index is 1.84. The molecule has 21 heavy (non-hydrogen) atoms. The van der Waals surface area contributed by atoms with Crippen LogP contribution in [-0.2, 0) is 0 Å². The molecule has 2 aromatic carbocycles. The lowest BCUT2D eigenvalue weighted by molar-refractivity contribution is 0.102. The standard InChI is InChI=1S/C15H11BrN4O/c16-13-7-2-1-6-12(13)15(21)19-11-5-3-4-10(8-11)14-17-9-18-20-14/h1-9H,(H,19,21)(H,17,18,20). The van der Waals surface area contributed by atoms with E-state index in [1.54, 1.807) is 6.07 Å². The SMILES string of the molecule is O=C(Nc1cccc(-c2ncn[nH]2)c1)c1ccccc1Br. The molecule has 0 spiro atoms. The van der Waals surface area contributed by atoms with E-state index in [0.717, 1.165) is 10.0 Å². The van der Waals surface area contributed by atoms with Gasteiger partial charge in [-0.1, -0.05) is 24.3 Å². The van der Waals surface area contributed by atoms with Gasteiger partial charge in [-0.3, -0.25) is 9.89 Å². The molecule has 0 aliphatic heterocycles. The summed E-state index contributed by atoms with van der Waals surface area (Å²) in [6.45, 7) is 0. The molecular weight excluding hydrogens is 332 g/mol. The molecule has 0 unspecified atom stereocenters. The van der Waals surface area contributed by atoms with Crippen LogP contribution in [0.3, 0.4) is 0 Å². The summed E-state index contributed by atoms with van der Waals surface area (Å²) in [5, 5.41) is 9.48. The van der Waals surface area contributed by atoms with E-state index in [1.807, 2.05) is 42.5 Å². The van der Waals surface area contributed by atoms with E-state index in [9.17, 15) is 4.79 Å². The van der Waals surface area contributed by atoms with Crippen molar-refractivity contribution in [3.63, 3.8) is 0 Å². The second kappa shape index (κ2) is 5.88. The van der Waals surface area contributed by atoms with Crippen LogP contribution in [0.15, 0.2) is 59.3 Å². The van der Waals surface area contributed by atoms with Gasteiger partial charge in [-0.05, 0) is 40.2 Å². The first-order chi connectivity index (χ1) is 10.2. The first-order valence-electron chi connectivity index (χ1n) is 6.26. The topological polar surface area (TPSA) is 70.7 Å². The number of amides is 1. The van der Waals surface area contributed by atoms with Crippen molar-refractivity contribution in [2.24, 2.45) is 0 Å². The quantitative estimate of drug-likeness (QED) is 0.765. The second-order valence-corrected chi connectivity index (χ2v) is 5.20. The Labute approximate surface area is 129 Å². The highest BCUT2D eigenvalue weighted by molar-refractivity contribution is 9.10. The minimum Gasteiger partial charge on any atom is -0.322 e. The highest BCUT2D eigenvalue weighted by atomic mass is 79.9. The summed E-state index contributed by atoms with van der Waals surface area (Å²) in [5.41, 5.74) is 2.14. The molecular formula is C15H11BrN4O. The lowest BCUT2D eigenvalue weighted by Crippen LogP contribution is -2.12. The third-order valence-corrected chi connectivity index (χ3v) is 3.62. The van der Waals surface area contributed by atoms with Crippen molar-refractivity contribution in [2.45, 2.75) is 0 Å². The molecule has 0 bridgehead atoms. The number of nitrogens with one attached hydrogen (secondary N) is 2. The maximum absolute atomic E-state index is 12.3. The average molecular weight is 343 g/mol. The summed E-state index contributed by atoms with van der Waals surface area (Å²) in [7, 11) is 0. The number of halogens is 1. The smallest absolute Gasteiger partial charge is 0.256 e. The first kappa shape index (κ1) is 13.5. The van der Waals surface area contributed by atoms with E-state index in [0.29, 0.717) is 17.1 Å². The van der Waals surface area contributed by atoms with Gasteiger partial charge in [-0.25, -0.2) is 4.98 Å². The zero-order valence-electron chi connectivity index (χ0n) is 10.9. The molecule has 1 aromatic heterocycles. The molecule has 1 heterocycles. The molecule has 0 fully saturated rings. The monoisotopic (exact) mass is 342 g/mol. The van der Waals surface area contributed by atoms with Crippen LogP contribution >= 0.6 is 15.9 Å². The number of H-pyrrole nitrogens is 1. The summed E-state index contributed by atoms with van der Waals surface area (Å²) in [4.78, 5) is 16.3. The Morgan fingerprint density at radius 2 is 2.00 bits per heavy atom. The number of aromatic nitrogens is 3. The molecule has 2 N–H and O–H groups in total. The number of nitrogens with zero attached hydrogens (tertiary/aromatic N) is 2. The van der Waals surface area contributed by atoms with Gasteiger partial charge in [0.05, 0.1) is 5.56 Å². The van der Waals surface area contributed by atoms with E-state index < -0.39 is 0 Å². The van der Waals surface area contributed by atoms with E-state index >= 15 is 0 Å². The molecule has 6 heteroatoms. The average Bonchev–Trinajstić information content (AvgIpc) is 3.02. The van der Waals surface area contributed by atoms with Crippen molar-refractivity contribution >= 4 is 27.5 Å². The fourth-order valence-corrected chi connectivity index (χ4v) is 2.40. The molecule has 3 aromatic rings. The number of anilines is 1. The van der Waals surface area contributed by atoms with Crippen LogP contribution in [0.1, 0.15) is 10.4 Å². The Bertz CT molecular complexity index is 771. The second-order valence-electron chi connectivity index (χ2n) is 4.35. The third kappa shape index (κ3) is 3.00. The number of hydrogen-bond donors (Lipinski definition) is 2. The molecule has 5 nitrogen and oxygen atoms in total. The van der Waals surface area contributed by atoms with Gasteiger partial charge < -0.3 is 5.32 Å². The maximum Gasteiger partial charge on any atom is 0.256 e. The van der Waals surface area contributed by atoms with Gasteiger partial charge in [0.15, 0.2) is 5.82 Å². The van der Waals surface area contributed by atoms with Gasteiger partial charge in [0.1, 0.15) is 6.33 Å². The normalized spacial score (nSPS) is 10.3. The number of carbonyl (C=O) groups excluding carboxylic acids is 1. The Morgan fingerprint density at radius 1 is 1.14 bits per heavy atom. The molecule has 104 valence electrons. The zero-order valence-corrected chi connectivity index (χ0v) is 12.5. The lowest BCUT2D eigenvalue weighted by Gasteiger charge is -2.07. The lowest BCUT2D eigenvalue weighted by atomic mass is 10.1. The van der Waals surface area contributed by atoms with E-state index in [4.69, 9.17) is 0 Å². The molecule has 3 rings (SSSR count). The van der Waals surface area contributed by atoms with Crippen molar-refractivity contribution in [2.75, 3.05) is 5.32 Å². The van der Waals surface area contributed by atoms with Crippen LogP contribution in [0.4, 0.5) is 5.69 Å². The van der Waals surface area contributed by atoms with Crippen molar-refractivity contribution < 1.29 is 4.79 Å². The number of hydrogen-bond acceptors (Lipinski definition) is 3. The number of carbonyl (C=O) groups is 1. The Hall–Kier alpha value is -2.47. The van der Waals surface area contributed by atoms with Crippen molar-refractivity contribution in [3.05, 3.63) is 64.9 Å². The fraction of sp³-hybridized carbons (Fsp3) is 0. The highest BCUT2D eigenvalue weighted by Gasteiger charge is 2.10. The van der Waals surface area contributed by atoms with Crippen LogP contribution in [-0.4, -0.2) is 21.1 Å². The Kier molecular flexibility index (Phi) is 3.79. The van der Waals surface area contributed by atoms with Gasteiger partial charge in [0, 0.05) is 15.7 Å². The first-order valence-corrected chi connectivity index (χ1v) is 7.05. The third-order valence-electron chi connectivity index (χ3n) is 2.93. The summed E-state index contributed by atoms with van der Waals surface area (Å²) < 4.78 is 0.758. The van der Waals surface area contributed by atoms with Crippen LogP contribution in [0, 0.1) is 0 Å². The predicted octanol–water partition coefficient (Wildman–Crippen LogP) is 3.49. The number of aromatic amines is 1. The maximum atomic E-state index is 12.3. The van der Waals surface area contributed by atoms with Gasteiger partial charge in [0.25, 0.3) is 5.91 Å². The van der Waals surface area contributed by atoms with E-state index in [1.165, 1.54) is 6.33 Å². The molecule has 1 amide bonds. The van der Waals surface area contributed by atoms with Gasteiger partial charge in [-0.15, -0.1) is 0 Å². The number of benzene rings is 2. The summed E-state index contributed by atoms with van der Waals surface area (Å²) in [6, 6.07) is 14.7. The minimum atomic E-state index is -0.169. The highest BCUT2D eigenvalue weighted by Crippen LogP contribution is 2.21. The Morgan fingerprint density at radius 3 is 2.76 bits per heavy atom. The van der Waals surface area contributed by atoms with Crippen LogP contribution in [0.25, 0.3) is 11.4 Å². The predicted molar refractivity (Wildman–Crippen MR) is 83.9 cm³/mol. The van der Waals surface area contributed by atoms with Crippen molar-refractivity contribution in [1.29, 1.82) is 0 Å². The van der Waals surface area contributed by atoms with Gasteiger partial charge >= 0.3 is 0 Å². The molecule has 0 aliphatic carbocycles. The summed E-state index contributed by atoms with van der Waals surface area (Å²) in [6.07, 6.45) is 1.45. The number of rotatable bonds is 3. The van der Waals surface area contributed by atoms with Crippen LogP contribution in [0.2, 0.25) is 0 Å². The van der Waals surface area contributed by atoms with E-state index in [-0.39, 0.29) is 5.91 Å². The minimum absolute atomic E-state index is 0.169. The molecule has 0 radical (unpaired) electrons. The molecule has 0 atom stereocenters. The zero-order chi connectivity index (χ0) is 14.7. The van der Waals surface area contributed by atoms with E-state index in [2.05, 4.69) is 36.4 Å². The van der Waals surface area contributed by atoms with Crippen molar-refractivity contribution in [1.82, 2.24) is 15.2 Å². The summed E-state index contributed by atoms with van der Waals surface area (Å²) in [5.74, 6) is 0.490. The summed E-state index contributed by atoms with van der Waals surface area (Å²) >= 11 is 3.37. The van der Waals surface area contributed by atoms with Crippen LogP contribution in [0.5, 0.6) is 0 Å². The van der Waals surface area contributed by atoms with Gasteiger partial charge in [0.2, 0.25) is 0 Å². The van der Waals surface area contributed by atoms with Crippen LogP contribution < -0.4 is 5.32 Å². The molecule has 0 saturated carbocycles. The molecule has 0 saturated heterocycles. The fourth-order valence-electron chi connectivity index (χ4n) is 1.93. The largest absolute Gasteiger partial charge is 0.322 e. The van der Waals surface area contributed by atoms with Crippen molar-refractivity contribution in [3.8, 4) is 11.4 Å².